The Morgan fingerprint density at radius 1 is 1.48 bits per heavy atom. The number of nitrogens with one attached hydrogen (secondary N) is 1. The molecule has 118 valence electrons. The molecule has 0 aliphatic heterocycles. The van der Waals surface area contributed by atoms with E-state index in [1.54, 1.807) is 13.8 Å². The normalized spacial score (nSPS) is 12.3. The minimum atomic E-state index is -4.15. The summed E-state index contributed by atoms with van der Waals surface area (Å²) in [5, 5.41) is 7.52. The van der Waals surface area contributed by atoms with E-state index in [9.17, 15) is 17.6 Å². The molecule has 1 amide bonds. The van der Waals surface area contributed by atoms with Crippen LogP contribution in [0.3, 0.4) is 0 Å². The SMILES string of the molecule is COC(C)(C)CNC(=O)c1cc(F)c(Br)c(S(N)(=O)=O)c1. The summed E-state index contributed by atoms with van der Waals surface area (Å²) in [4.78, 5) is 11.5. The predicted octanol–water partition coefficient (Wildman–Crippen LogP) is 1.39. The topological polar surface area (TPSA) is 98.5 Å². The van der Waals surface area contributed by atoms with Gasteiger partial charge in [0.05, 0.1) is 15.0 Å². The maximum absolute atomic E-state index is 13.7. The summed E-state index contributed by atoms with van der Waals surface area (Å²) in [6.07, 6.45) is 0. The third kappa shape index (κ3) is 4.73. The van der Waals surface area contributed by atoms with Crippen molar-refractivity contribution in [2.24, 2.45) is 5.14 Å². The number of benzene rings is 1. The monoisotopic (exact) mass is 382 g/mol. The van der Waals surface area contributed by atoms with E-state index in [1.165, 1.54) is 7.11 Å². The van der Waals surface area contributed by atoms with Crippen molar-refractivity contribution in [3.05, 3.63) is 28.0 Å². The number of carbonyl (C=O) groups excluding carboxylic acids is 1. The summed E-state index contributed by atoms with van der Waals surface area (Å²) in [5.41, 5.74) is -0.751. The second kappa shape index (κ2) is 6.39. The fourth-order valence-electron chi connectivity index (χ4n) is 1.37. The summed E-state index contributed by atoms with van der Waals surface area (Å²) in [5.74, 6) is -1.52. The number of hydrogen-bond donors (Lipinski definition) is 2. The number of halogens is 2. The Balaban J connectivity index is 3.10. The van der Waals surface area contributed by atoms with E-state index in [4.69, 9.17) is 9.88 Å². The Kier molecular flexibility index (Phi) is 5.48. The Hall–Kier alpha value is -1.03. The average Bonchev–Trinajstić information content (AvgIpc) is 2.37. The number of ether oxygens (including phenoxy) is 1. The van der Waals surface area contributed by atoms with Crippen molar-refractivity contribution in [1.29, 1.82) is 0 Å². The van der Waals surface area contributed by atoms with Gasteiger partial charge in [0, 0.05) is 19.2 Å². The van der Waals surface area contributed by atoms with Crippen molar-refractivity contribution >= 4 is 31.9 Å². The van der Waals surface area contributed by atoms with Crippen molar-refractivity contribution in [3.63, 3.8) is 0 Å². The van der Waals surface area contributed by atoms with Gasteiger partial charge in [0.1, 0.15) is 5.82 Å². The van der Waals surface area contributed by atoms with Gasteiger partial charge in [0.2, 0.25) is 10.0 Å². The van der Waals surface area contributed by atoms with Crippen LogP contribution >= 0.6 is 15.9 Å². The van der Waals surface area contributed by atoms with E-state index >= 15 is 0 Å². The maximum atomic E-state index is 13.7. The molecular formula is C12H16BrFN2O4S. The zero-order valence-corrected chi connectivity index (χ0v) is 14.1. The van der Waals surface area contributed by atoms with Gasteiger partial charge in [-0.05, 0) is 41.9 Å². The fraction of sp³-hybridized carbons (Fsp3) is 0.417. The highest BCUT2D eigenvalue weighted by atomic mass is 79.9. The van der Waals surface area contributed by atoms with E-state index in [1.807, 2.05) is 0 Å². The second-order valence-corrected chi connectivity index (χ2v) is 7.28. The van der Waals surface area contributed by atoms with Gasteiger partial charge in [-0.2, -0.15) is 0 Å². The molecule has 0 atom stereocenters. The molecule has 0 aromatic heterocycles. The Bertz CT molecular complexity index is 661. The minimum absolute atomic E-state index is 0.147. The first kappa shape index (κ1) is 18.0. The van der Waals surface area contributed by atoms with E-state index in [2.05, 4.69) is 21.2 Å². The van der Waals surface area contributed by atoms with Gasteiger partial charge in [0.25, 0.3) is 5.91 Å². The summed E-state index contributed by atoms with van der Waals surface area (Å²) < 4.78 is 41.3. The van der Waals surface area contributed by atoms with Crippen LogP contribution in [0.1, 0.15) is 24.2 Å². The molecule has 1 rings (SSSR count). The number of carbonyl (C=O) groups is 1. The van der Waals surface area contributed by atoms with Crippen LogP contribution in [0.5, 0.6) is 0 Å². The molecule has 0 radical (unpaired) electrons. The van der Waals surface area contributed by atoms with Crippen LogP contribution in [0, 0.1) is 5.82 Å². The molecule has 0 fully saturated rings. The molecule has 3 N–H and O–H groups in total. The molecule has 0 saturated heterocycles. The molecule has 0 bridgehead atoms. The van der Waals surface area contributed by atoms with Crippen molar-refractivity contribution < 1.29 is 22.3 Å². The second-order valence-electron chi connectivity index (χ2n) is 4.96. The number of hydrogen-bond acceptors (Lipinski definition) is 4. The first-order valence-corrected chi connectivity index (χ1v) is 8.17. The lowest BCUT2D eigenvalue weighted by atomic mass is 10.1. The molecule has 0 unspecified atom stereocenters. The number of primary sulfonamides is 1. The van der Waals surface area contributed by atoms with Crippen LogP contribution < -0.4 is 10.5 Å². The van der Waals surface area contributed by atoms with Gasteiger partial charge >= 0.3 is 0 Å². The van der Waals surface area contributed by atoms with Crippen molar-refractivity contribution in [2.75, 3.05) is 13.7 Å². The molecule has 9 heteroatoms. The van der Waals surface area contributed by atoms with Gasteiger partial charge in [-0.15, -0.1) is 0 Å². The first-order valence-electron chi connectivity index (χ1n) is 5.83. The zero-order chi connectivity index (χ0) is 16.4. The standard InChI is InChI=1S/C12H16BrFN2O4S/c1-12(2,20-3)6-16-11(17)7-4-8(14)10(13)9(5-7)21(15,18)19/h4-5H,6H2,1-3H3,(H,16,17)(H2,15,18,19). The lowest BCUT2D eigenvalue weighted by molar-refractivity contribution is 0.0228. The van der Waals surface area contributed by atoms with Gasteiger partial charge in [-0.1, -0.05) is 0 Å². The van der Waals surface area contributed by atoms with Crippen molar-refractivity contribution in [1.82, 2.24) is 5.32 Å². The van der Waals surface area contributed by atoms with Crippen LogP contribution in [0.25, 0.3) is 0 Å². The predicted molar refractivity (Wildman–Crippen MR) is 78.9 cm³/mol. The van der Waals surface area contributed by atoms with Crippen LogP contribution in [0.15, 0.2) is 21.5 Å². The lowest BCUT2D eigenvalue weighted by Gasteiger charge is -2.23. The van der Waals surface area contributed by atoms with Gasteiger partial charge in [0.15, 0.2) is 0 Å². The highest BCUT2D eigenvalue weighted by Crippen LogP contribution is 2.25. The third-order valence-corrected chi connectivity index (χ3v) is 4.79. The third-order valence-electron chi connectivity index (χ3n) is 2.79. The Labute approximate surface area is 131 Å². The molecule has 6 nitrogen and oxygen atoms in total. The number of rotatable bonds is 5. The van der Waals surface area contributed by atoms with Crippen molar-refractivity contribution in [3.8, 4) is 0 Å². The Morgan fingerprint density at radius 3 is 2.52 bits per heavy atom. The molecule has 0 heterocycles. The lowest BCUT2D eigenvalue weighted by Crippen LogP contribution is -2.39. The molecule has 21 heavy (non-hydrogen) atoms. The van der Waals surface area contributed by atoms with Crippen LogP contribution in [0.4, 0.5) is 4.39 Å². The highest BCUT2D eigenvalue weighted by molar-refractivity contribution is 9.10. The molecule has 0 aliphatic rings. The molecule has 1 aromatic rings. The molecular weight excluding hydrogens is 367 g/mol. The van der Waals surface area contributed by atoms with Crippen LogP contribution in [-0.2, 0) is 14.8 Å². The maximum Gasteiger partial charge on any atom is 0.251 e. The first-order chi connectivity index (χ1) is 9.48. The summed E-state index contributed by atoms with van der Waals surface area (Å²) in [7, 11) is -2.66. The smallest absolute Gasteiger partial charge is 0.251 e. The fourth-order valence-corrected chi connectivity index (χ4v) is 2.91. The van der Waals surface area contributed by atoms with Crippen molar-refractivity contribution in [2.45, 2.75) is 24.3 Å². The summed E-state index contributed by atoms with van der Waals surface area (Å²) >= 11 is 2.80. The van der Waals surface area contributed by atoms with E-state index in [-0.39, 0.29) is 16.6 Å². The van der Waals surface area contributed by atoms with Gasteiger partial charge in [-0.3, -0.25) is 4.79 Å². The highest BCUT2D eigenvalue weighted by Gasteiger charge is 2.22. The quantitative estimate of drug-likeness (QED) is 0.803. The summed E-state index contributed by atoms with van der Waals surface area (Å²) in [6.45, 7) is 3.68. The van der Waals surface area contributed by atoms with E-state index in [0.717, 1.165) is 12.1 Å². The molecule has 0 aliphatic carbocycles. The van der Waals surface area contributed by atoms with Gasteiger partial charge < -0.3 is 10.1 Å². The Morgan fingerprint density at radius 2 is 2.05 bits per heavy atom. The molecule has 0 spiro atoms. The van der Waals surface area contributed by atoms with E-state index < -0.39 is 32.2 Å². The van der Waals surface area contributed by atoms with Gasteiger partial charge in [-0.25, -0.2) is 17.9 Å². The molecule has 1 aromatic carbocycles. The average molecular weight is 383 g/mol. The number of amides is 1. The largest absolute Gasteiger partial charge is 0.377 e. The van der Waals surface area contributed by atoms with Crippen LogP contribution in [-0.4, -0.2) is 33.6 Å². The number of methoxy groups -OCH3 is 1. The minimum Gasteiger partial charge on any atom is -0.377 e. The zero-order valence-electron chi connectivity index (χ0n) is 11.7. The number of nitrogens with two attached hydrogens (primary N) is 1. The summed E-state index contributed by atoms with van der Waals surface area (Å²) in [6, 6.07) is 1.94. The van der Waals surface area contributed by atoms with E-state index in [0.29, 0.717) is 0 Å². The molecule has 0 saturated carbocycles. The van der Waals surface area contributed by atoms with Crippen LogP contribution in [0.2, 0.25) is 0 Å². The number of sulfonamides is 1.